The normalized spacial score (nSPS) is 11.9. The summed E-state index contributed by atoms with van der Waals surface area (Å²) in [5, 5.41) is 14.1. The molecule has 8 nitrogen and oxygen atoms in total. The number of fused-ring (bicyclic) bond motifs is 1. The number of aromatic amines is 1. The predicted molar refractivity (Wildman–Crippen MR) is 94.5 cm³/mol. The summed E-state index contributed by atoms with van der Waals surface area (Å²) >= 11 is 0. The van der Waals surface area contributed by atoms with Gasteiger partial charge in [-0.25, -0.2) is 9.50 Å². The first-order valence-electron chi connectivity index (χ1n) is 8.27. The maximum Gasteiger partial charge on any atom is 0.252 e. The van der Waals surface area contributed by atoms with Gasteiger partial charge < -0.3 is 5.32 Å². The van der Waals surface area contributed by atoms with Crippen LogP contribution in [0, 0.1) is 13.8 Å². The Morgan fingerprint density at radius 3 is 2.76 bits per heavy atom. The number of nitrogens with one attached hydrogen (secondary N) is 2. The molecule has 0 aliphatic rings. The Balaban J connectivity index is 1.67. The molecule has 0 fully saturated rings. The van der Waals surface area contributed by atoms with E-state index < -0.39 is 0 Å². The molecule has 1 amide bonds. The first-order chi connectivity index (χ1) is 11.8. The van der Waals surface area contributed by atoms with Gasteiger partial charge in [-0.05, 0) is 25.8 Å². The van der Waals surface area contributed by atoms with Crippen LogP contribution in [0.3, 0.4) is 0 Å². The van der Waals surface area contributed by atoms with Crippen molar-refractivity contribution < 1.29 is 4.79 Å². The van der Waals surface area contributed by atoms with E-state index in [2.05, 4.69) is 51.4 Å². The minimum absolute atomic E-state index is 0.0386. The number of hydrogen-bond acceptors (Lipinski definition) is 5. The Morgan fingerprint density at radius 2 is 2.08 bits per heavy atom. The van der Waals surface area contributed by atoms with Crippen molar-refractivity contribution in [1.82, 2.24) is 29.8 Å². The van der Waals surface area contributed by atoms with Gasteiger partial charge in [0.25, 0.3) is 5.78 Å². The Morgan fingerprint density at radius 1 is 1.32 bits per heavy atom. The molecule has 132 valence electrons. The smallest absolute Gasteiger partial charge is 0.252 e. The largest absolute Gasteiger partial charge is 0.309 e. The van der Waals surface area contributed by atoms with Crippen LogP contribution in [0.1, 0.15) is 49.8 Å². The third kappa shape index (κ3) is 3.52. The van der Waals surface area contributed by atoms with E-state index in [4.69, 9.17) is 0 Å². The van der Waals surface area contributed by atoms with Gasteiger partial charge in [-0.15, -0.1) is 0 Å². The summed E-state index contributed by atoms with van der Waals surface area (Å²) in [4.78, 5) is 20.8. The zero-order valence-corrected chi connectivity index (χ0v) is 15.2. The van der Waals surface area contributed by atoms with Crippen LogP contribution in [-0.2, 0) is 16.6 Å². The minimum atomic E-state index is -0.0792. The van der Waals surface area contributed by atoms with Crippen LogP contribution in [0.25, 0.3) is 5.78 Å². The van der Waals surface area contributed by atoms with Crippen molar-refractivity contribution in [3.8, 4) is 0 Å². The lowest BCUT2D eigenvalue weighted by molar-refractivity contribution is -0.116. The molecule has 2 N–H and O–H groups in total. The van der Waals surface area contributed by atoms with Crippen LogP contribution in [0.5, 0.6) is 0 Å². The number of carbonyl (C=O) groups excluding carboxylic acids is 1. The highest BCUT2D eigenvalue weighted by molar-refractivity contribution is 5.89. The van der Waals surface area contributed by atoms with E-state index in [1.165, 1.54) is 6.33 Å². The SMILES string of the molecule is Cc1nc2ncnn2c(C)c1CCC(=O)Nc1cc(C(C)(C)C)[nH]n1. The summed E-state index contributed by atoms with van der Waals surface area (Å²) in [6, 6.07) is 1.87. The van der Waals surface area contributed by atoms with Crippen LogP contribution in [0.15, 0.2) is 12.4 Å². The van der Waals surface area contributed by atoms with Crippen LogP contribution < -0.4 is 5.32 Å². The fourth-order valence-electron chi connectivity index (χ4n) is 2.73. The van der Waals surface area contributed by atoms with Gasteiger partial charge >= 0.3 is 0 Å². The van der Waals surface area contributed by atoms with E-state index in [0.29, 0.717) is 24.4 Å². The summed E-state index contributed by atoms with van der Waals surface area (Å²) in [5.41, 5.74) is 3.80. The van der Waals surface area contributed by atoms with E-state index in [1.807, 2.05) is 19.9 Å². The molecule has 0 atom stereocenters. The standard InChI is InChI=1S/C17H23N7O/c1-10-12(11(2)24-16(20-10)18-9-19-24)6-7-15(25)21-14-8-13(22-23-14)17(3,4)5/h8-9H,6-7H2,1-5H3,(H2,21,22,23,25). The number of anilines is 1. The van der Waals surface area contributed by atoms with Gasteiger partial charge in [-0.3, -0.25) is 9.89 Å². The van der Waals surface area contributed by atoms with Crippen molar-refractivity contribution in [2.45, 2.75) is 52.9 Å². The van der Waals surface area contributed by atoms with E-state index in [0.717, 1.165) is 22.6 Å². The van der Waals surface area contributed by atoms with Crippen LogP contribution in [0.2, 0.25) is 0 Å². The first-order valence-corrected chi connectivity index (χ1v) is 8.27. The van der Waals surface area contributed by atoms with Crippen molar-refractivity contribution in [2.75, 3.05) is 5.32 Å². The molecule has 8 heteroatoms. The zero-order valence-electron chi connectivity index (χ0n) is 15.2. The van der Waals surface area contributed by atoms with Crippen LogP contribution in [0.4, 0.5) is 5.82 Å². The molecule has 25 heavy (non-hydrogen) atoms. The number of aryl methyl sites for hydroxylation is 2. The molecule has 0 aromatic carbocycles. The average Bonchev–Trinajstić information content (AvgIpc) is 3.15. The van der Waals surface area contributed by atoms with Gasteiger partial charge in [-0.2, -0.15) is 15.2 Å². The monoisotopic (exact) mass is 341 g/mol. The second-order valence-electron chi connectivity index (χ2n) is 7.20. The van der Waals surface area contributed by atoms with Gasteiger partial charge in [0.05, 0.1) is 0 Å². The van der Waals surface area contributed by atoms with Gasteiger partial charge in [0, 0.05) is 35.0 Å². The lowest BCUT2D eigenvalue weighted by Gasteiger charge is -2.14. The topological polar surface area (TPSA) is 101 Å². The second kappa shape index (κ2) is 6.27. The molecule has 0 aliphatic heterocycles. The van der Waals surface area contributed by atoms with Crippen LogP contribution >= 0.6 is 0 Å². The molecule has 3 aromatic rings. The molecule has 0 bridgehead atoms. The molecular formula is C17H23N7O. The minimum Gasteiger partial charge on any atom is -0.309 e. The summed E-state index contributed by atoms with van der Waals surface area (Å²) in [6.07, 6.45) is 2.42. The quantitative estimate of drug-likeness (QED) is 0.758. The highest BCUT2D eigenvalue weighted by Crippen LogP contribution is 2.22. The molecular weight excluding hydrogens is 318 g/mol. The number of hydrogen-bond donors (Lipinski definition) is 2. The van der Waals surface area contributed by atoms with E-state index in [9.17, 15) is 4.79 Å². The molecule has 0 saturated carbocycles. The third-order valence-corrected chi connectivity index (χ3v) is 4.24. The van der Waals surface area contributed by atoms with Crippen molar-refractivity contribution in [3.05, 3.63) is 35.0 Å². The molecule has 0 unspecified atom stereocenters. The third-order valence-electron chi connectivity index (χ3n) is 4.24. The fraction of sp³-hybridized carbons (Fsp3) is 0.471. The summed E-state index contributed by atoms with van der Waals surface area (Å²) in [6.45, 7) is 10.2. The van der Waals surface area contributed by atoms with E-state index in [1.54, 1.807) is 4.52 Å². The summed E-state index contributed by atoms with van der Waals surface area (Å²) < 4.78 is 1.70. The highest BCUT2D eigenvalue weighted by Gasteiger charge is 2.18. The van der Waals surface area contributed by atoms with Gasteiger partial charge in [0.2, 0.25) is 5.91 Å². The Kier molecular flexibility index (Phi) is 4.28. The maximum absolute atomic E-state index is 12.3. The Hall–Kier alpha value is -2.77. The molecule has 3 heterocycles. The van der Waals surface area contributed by atoms with Crippen molar-refractivity contribution in [1.29, 1.82) is 0 Å². The van der Waals surface area contributed by atoms with E-state index in [-0.39, 0.29) is 11.3 Å². The molecule has 0 saturated heterocycles. The zero-order chi connectivity index (χ0) is 18.2. The summed E-state index contributed by atoms with van der Waals surface area (Å²) in [7, 11) is 0. The number of nitrogens with zero attached hydrogens (tertiary/aromatic N) is 5. The van der Waals surface area contributed by atoms with Gasteiger partial charge in [-0.1, -0.05) is 20.8 Å². The number of rotatable bonds is 4. The number of carbonyl (C=O) groups is 1. The molecule has 0 spiro atoms. The Bertz CT molecular complexity index is 917. The highest BCUT2D eigenvalue weighted by atomic mass is 16.1. The molecule has 0 radical (unpaired) electrons. The van der Waals surface area contributed by atoms with E-state index >= 15 is 0 Å². The van der Waals surface area contributed by atoms with Crippen molar-refractivity contribution in [3.63, 3.8) is 0 Å². The molecule has 3 rings (SSSR count). The van der Waals surface area contributed by atoms with Crippen LogP contribution in [-0.4, -0.2) is 35.7 Å². The van der Waals surface area contributed by atoms with Gasteiger partial charge in [0.15, 0.2) is 5.82 Å². The molecule has 3 aromatic heterocycles. The number of aromatic nitrogens is 6. The maximum atomic E-state index is 12.3. The Labute approximate surface area is 146 Å². The van der Waals surface area contributed by atoms with Crippen molar-refractivity contribution in [2.24, 2.45) is 0 Å². The first kappa shape index (κ1) is 17.1. The summed E-state index contributed by atoms with van der Waals surface area (Å²) in [5.74, 6) is 1.05. The van der Waals surface area contributed by atoms with Crippen molar-refractivity contribution >= 4 is 17.5 Å². The average molecular weight is 341 g/mol. The predicted octanol–water partition coefficient (Wildman–Crippen LogP) is 2.33. The lowest BCUT2D eigenvalue weighted by Crippen LogP contribution is -2.14. The number of H-pyrrole nitrogens is 1. The molecule has 0 aliphatic carbocycles. The number of amides is 1. The fourth-order valence-corrected chi connectivity index (χ4v) is 2.73. The van der Waals surface area contributed by atoms with Gasteiger partial charge in [0.1, 0.15) is 6.33 Å². The second-order valence-corrected chi connectivity index (χ2v) is 7.20. The lowest BCUT2D eigenvalue weighted by atomic mass is 9.92.